The van der Waals surface area contributed by atoms with Gasteiger partial charge in [-0.25, -0.2) is 4.79 Å². The molecule has 0 aliphatic heterocycles. The van der Waals surface area contributed by atoms with Gasteiger partial charge in [-0.05, 0) is 65.5 Å². The highest BCUT2D eigenvalue weighted by molar-refractivity contribution is 5.92. The van der Waals surface area contributed by atoms with Gasteiger partial charge in [0.2, 0.25) is 11.8 Å². The Morgan fingerprint density at radius 1 is 0.923 bits per heavy atom. The van der Waals surface area contributed by atoms with Gasteiger partial charge in [0.15, 0.2) is 0 Å². The summed E-state index contributed by atoms with van der Waals surface area (Å²) >= 11 is 0. The molecule has 0 radical (unpaired) electrons. The van der Waals surface area contributed by atoms with Crippen molar-refractivity contribution in [1.29, 1.82) is 0 Å². The molecule has 0 aliphatic carbocycles. The van der Waals surface area contributed by atoms with Gasteiger partial charge in [-0.2, -0.15) is 0 Å². The van der Waals surface area contributed by atoms with E-state index >= 15 is 0 Å². The predicted molar refractivity (Wildman–Crippen MR) is 156 cm³/mol. The summed E-state index contributed by atoms with van der Waals surface area (Å²) < 4.78 is 5.52. The summed E-state index contributed by atoms with van der Waals surface area (Å²) in [4.78, 5) is 42.9. The van der Waals surface area contributed by atoms with Crippen LogP contribution in [0.1, 0.15) is 90.5 Å². The molecule has 0 spiro atoms. The average molecular weight is 538 g/mol. The van der Waals surface area contributed by atoms with Gasteiger partial charge in [-0.3, -0.25) is 9.59 Å². The lowest BCUT2D eigenvalue weighted by atomic mass is 9.91. The van der Waals surface area contributed by atoms with Crippen LogP contribution in [0, 0.1) is 6.92 Å². The number of nitrogens with zero attached hydrogens (tertiary/aromatic N) is 1. The van der Waals surface area contributed by atoms with E-state index in [9.17, 15) is 14.4 Å². The van der Waals surface area contributed by atoms with Gasteiger partial charge in [0.25, 0.3) is 0 Å². The Morgan fingerprint density at radius 2 is 1.54 bits per heavy atom. The van der Waals surface area contributed by atoms with Crippen LogP contribution in [0.5, 0.6) is 0 Å². The molecule has 0 bridgehead atoms. The average Bonchev–Trinajstić information content (AvgIpc) is 2.86. The molecule has 0 fully saturated rings. The molecular weight excluding hydrogens is 490 g/mol. The zero-order chi connectivity index (χ0) is 29.2. The third-order valence-electron chi connectivity index (χ3n) is 6.76. The molecule has 2 rings (SSSR count). The molecule has 214 valence electrons. The lowest BCUT2D eigenvalue weighted by molar-refractivity contribution is -0.149. The van der Waals surface area contributed by atoms with Gasteiger partial charge in [0.05, 0.1) is 0 Å². The SMILES string of the molecule is CCCCNC(=O)C(c1ccc(C)cc1)N(C(=O)C(Cc1ccccc1)NC(=O)OC(C)(C)C)C(C)(C)CC. The van der Waals surface area contributed by atoms with Gasteiger partial charge in [-0.15, -0.1) is 0 Å². The molecule has 39 heavy (non-hydrogen) atoms. The molecule has 0 aliphatic rings. The number of hydrogen-bond donors (Lipinski definition) is 2. The van der Waals surface area contributed by atoms with Crippen molar-refractivity contribution in [2.45, 2.75) is 104 Å². The molecular formula is C32H47N3O4. The normalized spacial score (nSPS) is 13.2. The lowest BCUT2D eigenvalue weighted by Crippen LogP contribution is -2.59. The Labute approximate surface area is 234 Å². The van der Waals surface area contributed by atoms with Crippen molar-refractivity contribution in [3.63, 3.8) is 0 Å². The number of alkyl carbamates (subject to hydrolysis) is 1. The fourth-order valence-electron chi connectivity index (χ4n) is 4.26. The van der Waals surface area contributed by atoms with Crippen LogP contribution in [0.4, 0.5) is 4.79 Å². The number of ether oxygens (including phenoxy) is 1. The maximum Gasteiger partial charge on any atom is 0.408 e. The number of benzene rings is 2. The monoisotopic (exact) mass is 537 g/mol. The van der Waals surface area contributed by atoms with Crippen molar-refractivity contribution in [2.75, 3.05) is 6.54 Å². The molecule has 2 aromatic carbocycles. The van der Waals surface area contributed by atoms with E-state index in [1.54, 1.807) is 25.7 Å². The van der Waals surface area contributed by atoms with Crippen molar-refractivity contribution in [3.8, 4) is 0 Å². The molecule has 0 heterocycles. The van der Waals surface area contributed by atoms with Gasteiger partial charge in [0.1, 0.15) is 17.7 Å². The lowest BCUT2D eigenvalue weighted by Gasteiger charge is -2.44. The van der Waals surface area contributed by atoms with Crippen LogP contribution in [0.2, 0.25) is 0 Å². The Bertz CT molecular complexity index is 1070. The standard InChI is InChI=1S/C32H47N3O4/c1-9-11-21-33-28(36)27(25-19-17-23(3)18-20-25)35(32(7,8)10-2)29(37)26(22-24-15-13-12-14-16-24)34-30(38)39-31(4,5)6/h12-20,26-27H,9-11,21-22H2,1-8H3,(H,33,36)(H,34,38). The van der Waals surface area contributed by atoms with Crippen LogP contribution in [0.3, 0.4) is 0 Å². The molecule has 2 N–H and O–H groups in total. The van der Waals surface area contributed by atoms with E-state index in [2.05, 4.69) is 17.6 Å². The van der Waals surface area contributed by atoms with E-state index in [0.29, 0.717) is 13.0 Å². The molecule has 7 nitrogen and oxygen atoms in total. The van der Waals surface area contributed by atoms with Crippen molar-refractivity contribution < 1.29 is 19.1 Å². The third-order valence-corrected chi connectivity index (χ3v) is 6.76. The molecule has 3 amide bonds. The fraction of sp³-hybridized carbons (Fsp3) is 0.531. The number of amides is 3. The second-order valence-corrected chi connectivity index (χ2v) is 11.7. The number of nitrogens with one attached hydrogen (secondary N) is 2. The van der Waals surface area contributed by atoms with Crippen LogP contribution >= 0.6 is 0 Å². The van der Waals surface area contributed by atoms with Crippen molar-refractivity contribution in [2.24, 2.45) is 0 Å². The zero-order valence-corrected chi connectivity index (χ0v) is 25.0. The van der Waals surface area contributed by atoms with Crippen LogP contribution in [-0.2, 0) is 20.7 Å². The number of unbranched alkanes of at least 4 members (excludes halogenated alkanes) is 1. The summed E-state index contributed by atoms with van der Waals surface area (Å²) in [7, 11) is 0. The minimum atomic E-state index is -0.940. The van der Waals surface area contributed by atoms with Crippen molar-refractivity contribution in [3.05, 3.63) is 71.3 Å². The first-order valence-electron chi connectivity index (χ1n) is 14.0. The van der Waals surface area contributed by atoms with E-state index in [0.717, 1.165) is 29.5 Å². The van der Waals surface area contributed by atoms with Crippen molar-refractivity contribution >= 4 is 17.9 Å². The smallest absolute Gasteiger partial charge is 0.408 e. The van der Waals surface area contributed by atoms with Gasteiger partial charge in [-0.1, -0.05) is 80.4 Å². The summed E-state index contributed by atoms with van der Waals surface area (Å²) in [5.74, 6) is -0.578. The number of hydrogen-bond acceptors (Lipinski definition) is 4. The predicted octanol–water partition coefficient (Wildman–Crippen LogP) is 6.11. The van der Waals surface area contributed by atoms with Gasteiger partial charge in [0, 0.05) is 18.5 Å². The molecule has 0 saturated carbocycles. The highest BCUT2D eigenvalue weighted by Crippen LogP contribution is 2.32. The second-order valence-electron chi connectivity index (χ2n) is 11.7. The zero-order valence-electron chi connectivity index (χ0n) is 25.0. The highest BCUT2D eigenvalue weighted by Gasteiger charge is 2.43. The van der Waals surface area contributed by atoms with E-state index < -0.39 is 29.3 Å². The molecule has 2 atom stereocenters. The first-order valence-corrected chi connectivity index (χ1v) is 14.0. The molecule has 2 aromatic rings. The Morgan fingerprint density at radius 3 is 2.08 bits per heavy atom. The van der Waals surface area contributed by atoms with E-state index in [4.69, 9.17) is 4.74 Å². The highest BCUT2D eigenvalue weighted by atomic mass is 16.6. The summed E-state index contributed by atoms with van der Waals surface area (Å²) in [6.07, 6.45) is 1.97. The summed E-state index contributed by atoms with van der Waals surface area (Å²) in [5, 5.41) is 5.87. The third kappa shape index (κ3) is 9.72. The molecule has 7 heteroatoms. The first kappa shape index (κ1) is 31.9. The topological polar surface area (TPSA) is 87.7 Å². The Hall–Kier alpha value is -3.35. The summed E-state index contributed by atoms with van der Waals surface area (Å²) in [6, 6.07) is 15.4. The second kappa shape index (κ2) is 14.2. The number of aryl methyl sites for hydroxylation is 1. The quantitative estimate of drug-likeness (QED) is 0.320. The van der Waals surface area contributed by atoms with Crippen LogP contribution in [-0.4, -0.2) is 46.5 Å². The number of carbonyl (C=O) groups is 3. The van der Waals surface area contributed by atoms with Crippen LogP contribution in [0.15, 0.2) is 54.6 Å². The minimum Gasteiger partial charge on any atom is -0.444 e. The van der Waals surface area contributed by atoms with Crippen LogP contribution < -0.4 is 10.6 Å². The van der Waals surface area contributed by atoms with Gasteiger partial charge >= 0.3 is 6.09 Å². The van der Waals surface area contributed by atoms with Gasteiger partial charge < -0.3 is 20.3 Å². The minimum absolute atomic E-state index is 0.238. The Kier molecular flexibility index (Phi) is 11.6. The van der Waals surface area contributed by atoms with E-state index in [1.165, 1.54) is 0 Å². The maximum absolute atomic E-state index is 14.5. The first-order chi connectivity index (χ1) is 18.3. The summed E-state index contributed by atoms with van der Waals surface area (Å²) in [6.45, 7) is 15.8. The number of carbonyl (C=O) groups excluding carboxylic acids is 3. The molecule has 0 aromatic heterocycles. The summed E-state index contributed by atoms with van der Waals surface area (Å²) in [5.41, 5.74) is 1.25. The van der Waals surface area contributed by atoms with E-state index in [1.807, 2.05) is 82.3 Å². The molecule has 0 saturated heterocycles. The maximum atomic E-state index is 14.5. The largest absolute Gasteiger partial charge is 0.444 e. The van der Waals surface area contributed by atoms with E-state index in [-0.39, 0.29) is 18.2 Å². The van der Waals surface area contributed by atoms with Crippen molar-refractivity contribution in [1.82, 2.24) is 15.5 Å². The fourth-order valence-corrected chi connectivity index (χ4v) is 4.26. The Balaban J connectivity index is 2.60. The van der Waals surface area contributed by atoms with Crippen LogP contribution in [0.25, 0.3) is 0 Å². The number of rotatable bonds is 12. The molecule has 2 unspecified atom stereocenters.